The highest BCUT2D eigenvalue weighted by atomic mass is 79.9. The Labute approximate surface area is 201 Å². The molecule has 5 nitrogen and oxygen atoms in total. The number of ether oxygens (including phenoxy) is 2. The maximum Gasteiger partial charge on any atom is 0.193 e. The third-order valence-corrected chi connectivity index (χ3v) is 11.2. The maximum absolute atomic E-state index is 6.74. The van der Waals surface area contributed by atoms with Gasteiger partial charge in [0, 0.05) is 10.9 Å². The fourth-order valence-corrected chi connectivity index (χ4v) is 4.92. The van der Waals surface area contributed by atoms with E-state index in [2.05, 4.69) is 55.0 Å². The molecule has 1 heterocycles. The highest BCUT2D eigenvalue weighted by Gasteiger charge is 2.46. The monoisotopic (exact) mass is 519 g/mol. The van der Waals surface area contributed by atoms with Crippen LogP contribution in [0.25, 0.3) is 0 Å². The van der Waals surface area contributed by atoms with Crippen molar-refractivity contribution in [2.75, 3.05) is 5.33 Å². The van der Waals surface area contributed by atoms with Gasteiger partial charge in [0.25, 0.3) is 0 Å². The summed E-state index contributed by atoms with van der Waals surface area (Å²) in [6.45, 7) is 11.5. The summed E-state index contributed by atoms with van der Waals surface area (Å²) in [7, 11) is -2.10. The van der Waals surface area contributed by atoms with E-state index in [1.54, 1.807) is 6.21 Å². The Bertz CT molecular complexity index is 857. The van der Waals surface area contributed by atoms with Crippen molar-refractivity contribution in [2.45, 2.75) is 70.1 Å². The van der Waals surface area contributed by atoms with Gasteiger partial charge in [0.05, 0.1) is 12.3 Å². The van der Waals surface area contributed by atoms with Crippen molar-refractivity contribution in [2.24, 2.45) is 5.16 Å². The predicted octanol–water partition coefficient (Wildman–Crippen LogP) is 6.46. The van der Waals surface area contributed by atoms with Crippen molar-refractivity contribution >= 4 is 30.5 Å². The van der Waals surface area contributed by atoms with Gasteiger partial charge in [-0.3, -0.25) is 0 Å². The second-order valence-corrected chi connectivity index (χ2v) is 14.9. The molecule has 7 heteroatoms. The fraction of sp³-hybridized carbons (Fsp3) is 0.480. The molecule has 3 rings (SSSR count). The summed E-state index contributed by atoms with van der Waals surface area (Å²) in [6.07, 6.45) is 0.435. The first-order valence-corrected chi connectivity index (χ1v) is 15.0. The summed E-state index contributed by atoms with van der Waals surface area (Å²) in [6, 6.07) is 20.0. The SMILES string of the molecule is CC(C)(C)[Si](C)(C)O[C@@H](/C=N/OCc1ccccc1)[C@@H]1O[C@H](c2ccccc2)O[C@@H]1CBr. The second kappa shape index (κ2) is 11.1. The van der Waals surface area contributed by atoms with E-state index in [1.807, 2.05) is 60.7 Å². The Morgan fingerprint density at radius 2 is 1.66 bits per heavy atom. The zero-order valence-corrected chi connectivity index (χ0v) is 22.1. The smallest absolute Gasteiger partial charge is 0.193 e. The van der Waals surface area contributed by atoms with Crippen LogP contribution in [0.2, 0.25) is 18.1 Å². The van der Waals surface area contributed by atoms with Gasteiger partial charge in [-0.25, -0.2) is 0 Å². The largest absolute Gasteiger partial charge is 0.406 e. The molecule has 0 spiro atoms. The minimum atomic E-state index is -2.10. The lowest BCUT2D eigenvalue weighted by atomic mass is 10.1. The number of halogens is 1. The van der Waals surface area contributed by atoms with Crippen molar-refractivity contribution in [1.82, 2.24) is 0 Å². The van der Waals surface area contributed by atoms with Gasteiger partial charge in [0.2, 0.25) is 0 Å². The molecule has 1 fully saturated rings. The second-order valence-electron chi connectivity index (χ2n) is 9.53. The number of oxime groups is 1. The van der Waals surface area contributed by atoms with Crippen molar-refractivity contribution in [3.63, 3.8) is 0 Å². The molecule has 0 radical (unpaired) electrons. The number of rotatable bonds is 9. The van der Waals surface area contributed by atoms with E-state index in [4.69, 9.17) is 18.7 Å². The number of hydrogen-bond donors (Lipinski definition) is 0. The molecule has 0 aromatic heterocycles. The predicted molar refractivity (Wildman–Crippen MR) is 135 cm³/mol. The molecule has 0 amide bonds. The van der Waals surface area contributed by atoms with Gasteiger partial charge < -0.3 is 18.7 Å². The van der Waals surface area contributed by atoms with E-state index in [9.17, 15) is 0 Å². The summed E-state index contributed by atoms with van der Waals surface area (Å²) in [4.78, 5) is 5.59. The molecular formula is C25H34BrNO4Si. The van der Waals surface area contributed by atoms with Crippen LogP contribution in [-0.2, 0) is 25.3 Å². The van der Waals surface area contributed by atoms with Crippen LogP contribution in [0.4, 0.5) is 0 Å². The average molecular weight is 521 g/mol. The van der Waals surface area contributed by atoms with Gasteiger partial charge in [-0.05, 0) is 23.7 Å². The van der Waals surface area contributed by atoms with E-state index in [-0.39, 0.29) is 23.4 Å². The van der Waals surface area contributed by atoms with Crippen LogP contribution in [-0.4, -0.2) is 38.2 Å². The van der Waals surface area contributed by atoms with Gasteiger partial charge in [-0.2, -0.15) is 0 Å². The molecule has 0 bridgehead atoms. The lowest BCUT2D eigenvalue weighted by molar-refractivity contribution is -0.0756. The molecule has 4 atom stereocenters. The fourth-order valence-electron chi connectivity index (χ4n) is 3.17. The molecule has 174 valence electrons. The van der Waals surface area contributed by atoms with Gasteiger partial charge >= 0.3 is 0 Å². The molecule has 2 aromatic carbocycles. The lowest BCUT2D eigenvalue weighted by Crippen LogP contribution is -2.50. The Morgan fingerprint density at radius 1 is 1.03 bits per heavy atom. The minimum absolute atomic E-state index is 0.0478. The van der Waals surface area contributed by atoms with Crippen molar-refractivity contribution in [3.8, 4) is 0 Å². The minimum Gasteiger partial charge on any atom is -0.406 e. The molecule has 0 unspecified atom stereocenters. The molecule has 0 N–H and O–H groups in total. The summed E-state index contributed by atoms with van der Waals surface area (Å²) in [5.41, 5.74) is 2.05. The normalized spacial score (nSPS) is 22.9. The van der Waals surface area contributed by atoms with Crippen LogP contribution in [0, 0.1) is 0 Å². The third kappa shape index (κ3) is 6.51. The van der Waals surface area contributed by atoms with E-state index in [0.717, 1.165) is 11.1 Å². The van der Waals surface area contributed by atoms with Crippen LogP contribution in [0.3, 0.4) is 0 Å². The van der Waals surface area contributed by atoms with E-state index >= 15 is 0 Å². The molecule has 1 saturated heterocycles. The summed E-state index contributed by atoms with van der Waals surface area (Å²) in [5, 5.41) is 4.95. The van der Waals surface area contributed by atoms with Crippen LogP contribution in [0.5, 0.6) is 0 Å². The van der Waals surface area contributed by atoms with Crippen molar-refractivity contribution in [3.05, 3.63) is 71.8 Å². The van der Waals surface area contributed by atoms with Gasteiger partial charge in [0.1, 0.15) is 18.8 Å². The topological polar surface area (TPSA) is 49.3 Å². The Morgan fingerprint density at radius 3 is 2.25 bits per heavy atom. The highest BCUT2D eigenvalue weighted by molar-refractivity contribution is 9.09. The Kier molecular flexibility index (Phi) is 8.69. The van der Waals surface area contributed by atoms with Crippen LogP contribution in [0.1, 0.15) is 38.2 Å². The lowest BCUT2D eigenvalue weighted by Gasteiger charge is -2.39. The molecule has 1 aliphatic rings. The quantitative estimate of drug-likeness (QED) is 0.165. The first-order valence-electron chi connectivity index (χ1n) is 11.0. The first-order chi connectivity index (χ1) is 15.2. The number of alkyl halides is 1. The summed E-state index contributed by atoms with van der Waals surface area (Å²) < 4.78 is 19.4. The number of benzene rings is 2. The highest BCUT2D eigenvalue weighted by Crippen LogP contribution is 2.40. The zero-order valence-electron chi connectivity index (χ0n) is 19.5. The van der Waals surface area contributed by atoms with Crippen LogP contribution < -0.4 is 0 Å². The van der Waals surface area contributed by atoms with Gasteiger partial charge in [0.15, 0.2) is 14.6 Å². The third-order valence-electron chi connectivity index (χ3n) is 6.09. The maximum atomic E-state index is 6.74. The van der Waals surface area contributed by atoms with Crippen LogP contribution in [0.15, 0.2) is 65.8 Å². The zero-order chi connectivity index (χ0) is 23.2. The van der Waals surface area contributed by atoms with E-state index in [0.29, 0.717) is 11.9 Å². The van der Waals surface area contributed by atoms with E-state index < -0.39 is 14.6 Å². The Hall–Kier alpha value is -1.51. The molecular weight excluding hydrogens is 486 g/mol. The Balaban J connectivity index is 1.78. The average Bonchev–Trinajstić information content (AvgIpc) is 3.21. The molecule has 0 saturated carbocycles. The van der Waals surface area contributed by atoms with Gasteiger partial charge in [-0.1, -0.05) is 103 Å². The van der Waals surface area contributed by atoms with Crippen molar-refractivity contribution < 1.29 is 18.7 Å². The standard InChI is InChI=1S/C25H34BrNO4Si/c1-25(2,3)32(4,5)31-22(17-27-28-18-19-12-8-6-9-13-19)23-21(16-26)29-24(30-23)20-14-10-7-11-15-20/h6-15,17,21-24H,16,18H2,1-5H3/b27-17+/t21-,22+,23-,24-/m1/s1. The van der Waals surface area contributed by atoms with E-state index in [1.165, 1.54) is 0 Å². The summed E-state index contributed by atoms with van der Waals surface area (Å²) in [5.74, 6) is 0. The molecule has 0 aliphatic carbocycles. The van der Waals surface area contributed by atoms with Crippen LogP contribution >= 0.6 is 15.9 Å². The first kappa shape index (κ1) is 25.1. The molecule has 1 aliphatic heterocycles. The molecule has 32 heavy (non-hydrogen) atoms. The molecule has 2 aromatic rings. The van der Waals surface area contributed by atoms with Gasteiger partial charge in [-0.15, -0.1) is 0 Å². The number of hydrogen-bond acceptors (Lipinski definition) is 5. The van der Waals surface area contributed by atoms with Crippen molar-refractivity contribution in [1.29, 1.82) is 0 Å². The number of nitrogens with zero attached hydrogens (tertiary/aromatic N) is 1. The summed E-state index contributed by atoms with van der Waals surface area (Å²) >= 11 is 3.59.